The number of carbonyl (C=O) groups is 3. The monoisotopic (exact) mass is 668 g/mol. The van der Waals surface area contributed by atoms with E-state index in [1.54, 1.807) is 19.9 Å². The normalized spacial score (nSPS) is 25.2. The zero-order valence-corrected chi connectivity index (χ0v) is 25.7. The standard InChI is InChI=1S/C29H33F5N8O5/c1-15-21(40-47-39-15)23(43)38-22(17-4-6-28(30,31)7-5-17)18-12-42-20(36-18)8-16(11-35-42)9-27(10-19(29(32,33)34)37-24(27)44)14-41-13-26(2,3)46-25(41)45/h8,11-12,17,19,22H,4-7,9-10,13-14H2,1-3H3,(H,37,44)(H,38,43)/t19-,22-,27-/m0/s1. The Hall–Kier alpha value is -4.38. The molecule has 2 N–H and O–H groups in total. The Labute approximate surface area is 264 Å². The molecule has 3 amide bonds. The van der Waals surface area contributed by atoms with Gasteiger partial charge in [-0.1, -0.05) is 5.16 Å². The van der Waals surface area contributed by atoms with Crippen LogP contribution in [0.25, 0.3) is 5.65 Å². The number of amides is 3. The first-order valence-corrected chi connectivity index (χ1v) is 15.1. The zero-order chi connectivity index (χ0) is 33.9. The Bertz CT molecular complexity index is 1700. The fraction of sp³-hybridized carbons (Fsp3) is 0.621. The lowest BCUT2D eigenvalue weighted by atomic mass is 9.78. The summed E-state index contributed by atoms with van der Waals surface area (Å²) in [6, 6.07) is -1.37. The third-order valence-electron chi connectivity index (χ3n) is 9.11. The molecular weight excluding hydrogens is 635 g/mol. The second kappa shape index (κ2) is 11.4. The fourth-order valence-corrected chi connectivity index (χ4v) is 6.78. The Morgan fingerprint density at radius 3 is 2.51 bits per heavy atom. The van der Waals surface area contributed by atoms with Crippen LogP contribution in [0.1, 0.15) is 79.4 Å². The number of hydrogen-bond acceptors (Lipinski definition) is 9. The molecule has 0 aromatic carbocycles. The van der Waals surface area contributed by atoms with Crippen molar-refractivity contribution in [1.82, 2.24) is 40.4 Å². The molecule has 6 rings (SSSR count). The van der Waals surface area contributed by atoms with Crippen molar-refractivity contribution in [2.45, 2.75) is 89.1 Å². The van der Waals surface area contributed by atoms with Crippen molar-refractivity contribution in [3.8, 4) is 0 Å². The number of aryl methyl sites for hydroxylation is 1. The van der Waals surface area contributed by atoms with E-state index in [2.05, 4.69) is 35.7 Å². The molecule has 254 valence electrons. The highest BCUT2D eigenvalue weighted by atomic mass is 19.4. The number of cyclic esters (lactones) is 1. The highest BCUT2D eigenvalue weighted by molar-refractivity contribution is 5.93. The van der Waals surface area contributed by atoms with Gasteiger partial charge in [0.15, 0.2) is 11.3 Å². The van der Waals surface area contributed by atoms with Gasteiger partial charge in [0, 0.05) is 19.4 Å². The summed E-state index contributed by atoms with van der Waals surface area (Å²) in [6.07, 6.45) is -3.84. The Balaban J connectivity index is 1.30. The molecule has 0 spiro atoms. The number of alkyl halides is 5. The number of carbonyl (C=O) groups excluding carboxylic acids is 3. The zero-order valence-electron chi connectivity index (χ0n) is 25.7. The van der Waals surface area contributed by atoms with Crippen molar-refractivity contribution in [3.05, 3.63) is 41.1 Å². The van der Waals surface area contributed by atoms with Crippen molar-refractivity contribution in [2.75, 3.05) is 13.1 Å². The summed E-state index contributed by atoms with van der Waals surface area (Å²) in [6.45, 7) is 4.63. The predicted octanol–water partition coefficient (Wildman–Crippen LogP) is 3.93. The van der Waals surface area contributed by atoms with Crippen molar-refractivity contribution in [3.63, 3.8) is 0 Å². The topological polar surface area (TPSA) is 157 Å². The van der Waals surface area contributed by atoms with Crippen LogP contribution in [0, 0.1) is 18.3 Å². The van der Waals surface area contributed by atoms with Gasteiger partial charge in [0.25, 0.3) is 5.91 Å². The van der Waals surface area contributed by atoms with Gasteiger partial charge in [-0.15, -0.1) is 0 Å². The van der Waals surface area contributed by atoms with Gasteiger partial charge in [-0.25, -0.2) is 27.7 Å². The van der Waals surface area contributed by atoms with Crippen LogP contribution >= 0.6 is 0 Å². The average molecular weight is 669 g/mol. The van der Waals surface area contributed by atoms with E-state index in [1.807, 2.05) is 0 Å². The van der Waals surface area contributed by atoms with Crippen molar-refractivity contribution in [1.29, 1.82) is 0 Å². The summed E-state index contributed by atoms with van der Waals surface area (Å²) in [5.74, 6) is -4.70. The Morgan fingerprint density at radius 1 is 1.19 bits per heavy atom. The van der Waals surface area contributed by atoms with Gasteiger partial charge in [0.2, 0.25) is 11.8 Å². The number of aromatic nitrogens is 5. The largest absolute Gasteiger partial charge is 0.441 e. The summed E-state index contributed by atoms with van der Waals surface area (Å²) in [7, 11) is 0. The van der Waals surface area contributed by atoms with Crippen LogP contribution in [0.3, 0.4) is 0 Å². The van der Waals surface area contributed by atoms with Gasteiger partial charge < -0.3 is 20.3 Å². The van der Waals surface area contributed by atoms with Crippen molar-refractivity contribution >= 4 is 23.6 Å². The molecule has 1 saturated carbocycles. The number of rotatable bonds is 8. The number of halogens is 5. The number of imidazole rings is 1. The first-order chi connectivity index (χ1) is 21.9. The molecule has 3 aromatic heterocycles. The molecule has 5 heterocycles. The smallest absolute Gasteiger partial charge is 0.410 e. The van der Waals surface area contributed by atoms with E-state index in [0.717, 1.165) is 0 Å². The fourth-order valence-electron chi connectivity index (χ4n) is 6.78. The van der Waals surface area contributed by atoms with E-state index in [1.165, 1.54) is 28.7 Å². The molecule has 3 fully saturated rings. The maximum atomic E-state index is 14.0. The minimum atomic E-state index is -4.70. The quantitative estimate of drug-likeness (QED) is 0.340. The molecule has 0 bridgehead atoms. The highest BCUT2D eigenvalue weighted by Crippen LogP contribution is 2.43. The molecule has 3 aliphatic rings. The molecule has 47 heavy (non-hydrogen) atoms. The Morgan fingerprint density at radius 2 is 1.91 bits per heavy atom. The average Bonchev–Trinajstić information content (AvgIpc) is 3.72. The number of fused-ring (bicyclic) bond motifs is 1. The number of nitrogens with one attached hydrogen (secondary N) is 2. The van der Waals surface area contributed by atoms with Gasteiger partial charge in [-0.2, -0.15) is 18.3 Å². The van der Waals surface area contributed by atoms with Gasteiger partial charge in [0.1, 0.15) is 17.3 Å². The van der Waals surface area contributed by atoms with E-state index in [0.29, 0.717) is 11.3 Å². The van der Waals surface area contributed by atoms with E-state index in [4.69, 9.17) is 4.74 Å². The SMILES string of the molecule is Cc1nonc1C(=O)N[C@H](c1cn2ncc(C[C@@]3(CN4CC(C)(C)OC4=O)C[C@@H](C(F)(F)F)NC3=O)cc2n1)C1CCC(F)(F)CC1. The van der Waals surface area contributed by atoms with Crippen LogP contribution in [-0.4, -0.2) is 84.6 Å². The van der Waals surface area contributed by atoms with Crippen LogP contribution in [0.5, 0.6) is 0 Å². The van der Waals surface area contributed by atoms with E-state index < -0.39 is 65.4 Å². The molecule has 1 aliphatic carbocycles. The van der Waals surface area contributed by atoms with Crippen LogP contribution in [0.15, 0.2) is 23.1 Å². The van der Waals surface area contributed by atoms with E-state index >= 15 is 0 Å². The van der Waals surface area contributed by atoms with Gasteiger partial charge >= 0.3 is 12.3 Å². The summed E-state index contributed by atoms with van der Waals surface area (Å²) < 4.78 is 80.8. The minimum Gasteiger partial charge on any atom is -0.441 e. The third-order valence-corrected chi connectivity index (χ3v) is 9.11. The molecular formula is C29H33F5N8O5. The van der Waals surface area contributed by atoms with Crippen LogP contribution in [0.4, 0.5) is 26.7 Å². The van der Waals surface area contributed by atoms with E-state index in [9.17, 15) is 36.3 Å². The maximum absolute atomic E-state index is 14.0. The molecule has 3 atom stereocenters. The van der Waals surface area contributed by atoms with Gasteiger partial charge in [-0.3, -0.25) is 9.59 Å². The van der Waals surface area contributed by atoms with Crippen molar-refractivity contribution < 1.29 is 45.7 Å². The number of nitrogens with zero attached hydrogens (tertiary/aromatic N) is 6. The third kappa shape index (κ3) is 6.58. The van der Waals surface area contributed by atoms with E-state index in [-0.39, 0.29) is 62.2 Å². The lowest BCUT2D eigenvalue weighted by Crippen LogP contribution is -2.45. The second-order valence-electron chi connectivity index (χ2n) is 13.4. The van der Waals surface area contributed by atoms with Crippen LogP contribution < -0.4 is 10.6 Å². The number of ether oxygens (including phenoxy) is 1. The molecule has 13 nitrogen and oxygen atoms in total. The second-order valence-corrected chi connectivity index (χ2v) is 13.4. The summed E-state index contributed by atoms with van der Waals surface area (Å²) in [5, 5.41) is 16.5. The van der Waals surface area contributed by atoms with Crippen molar-refractivity contribution in [2.24, 2.45) is 11.3 Å². The molecule has 0 radical (unpaired) electrons. The summed E-state index contributed by atoms with van der Waals surface area (Å²) in [5.41, 5.74) is -1.42. The first kappa shape index (κ1) is 32.6. The molecule has 0 unspecified atom stereocenters. The van der Waals surface area contributed by atoms with Crippen LogP contribution in [0.2, 0.25) is 0 Å². The van der Waals surface area contributed by atoms with Gasteiger partial charge in [0.05, 0.1) is 36.1 Å². The molecule has 3 aromatic rings. The predicted molar refractivity (Wildman–Crippen MR) is 150 cm³/mol. The molecule has 2 aliphatic heterocycles. The molecule has 2 saturated heterocycles. The molecule has 18 heteroatoms. The number of hydrogen-bond donors (Lipinski definition) is 2. The maximum Gasteiger partial charge on any atom is 0.410 e. The Kier molecular flexibility index (Phi) is 7.90. The summed E-state index contributed by atoms with van der Waals surface area (Å²) in [4.78, 5) is 44.8. The lowest BCUT2D eigenvalue weighted by Gasteiger charge is -2.33. The van der Waals surface area contributed by atoms with Crippen LogP contribution in [-0.2, 0) is 16.0 Å². The summed E-state index contributed by atoms with van der Waals surface area (Å²) >= 11 is 0. The minimum absolute atomic E-state index is 0.0668. The highest BCUT2D eigenvalue weighted by Gasteiger charge is 2.57. The first-order valence-electron chi connectivity index (χ1n) is 15.1. The lowest BCUT2D eigenvalue weighted by molar-refractivity contribution is -0.155. The van der Waals surface area contributed by atoms with Gasteiger partial charge in [-0.05, 0) is 69.2 Å².